The highest BCUT2D eigenvalue weighted by molar-refractivity contribution is 5.90. The standard InChI is InChI=1S/C12H19N3O4/c13-9(16)8-4-3-7-15(8)11(19)14-12(10(17)18)5-1-2-6-12/h8H,1-7H2,(H2,13,16)(H,14,19)(H,17,18). The van der Waals surface area contributed by atoms with E-state index in [1.54, 1.807) is 0 Å². The zero-order chi connectivity index (χ0) is 14.0. The van der Waals surface area contributed by atoms with E-state index in [1.807, 2.05) is 0 Å². The second kappa shape index (κ2) is 5.07. The van der Waals surface area contributed by atoms with Crippen LogP contribution < -0.4 is 11.1 Å². The minimum absolute atomic E-state index is 0.434. The molecule has 2 aliphatic rings. The van der Waals surface area contributed by atoms with Crippen molar-refractivity contribution in [2.45, 2.75) is 50.1 Å². The van der Waals surface area contributed by atoms with Crippen LogP contribution in [0.15, 0.2) is 0 Å². The van der Waals surface area contributed by atoms with Crippen LogP contribution in [0.25, 0.3) is 0 Å². The number of carboxylic acids is 1. The normalized spacial score (nSPS) is 25.3. The molecule has 106 valence electrons. The molecule has 19 heavy (non-hydrogen) atoms. The maximum Gasteiger partial charge on any atom is 0.329 e. The average Bonchev–Trinajstić information content (AvgIpc) is 2.97. The largest absolute Gasteiger partial charge is 0.480 e. The first-order chi connectivity index (χ1) is 8.96. The van der Waals surface area contributed by atoms with Crippen LogP contribution in [0.1, 0.15) is 38.5 Å². The number of rotatable bonds is 3. The van der Waals surface area contributed by atoms with E-state index in [-0.39, 0.29) is 0 Å². The van der Waals surface area contributed by atoms with Gasteiger partial charge < -0.3 is 21.1 Å². The molecule has 1 saturated heterocycles. The lowest BCUT2D eigenvalue weighted by atomic mass is 9.98. The van der Waals surface area contributed by atoms with Crippen LogP contribution in [0.4, 0.5) is 4.79 Å². The van der Waals surface area contributed by atoms with Gasteiger partial charge >= 0.3 is 12.0 Å². The molecular weight excluding hydrogens is 250 g/mol. The highest BCUT2D eigenvalue weighted by Gasteiger charge is 2.45. The van der Waals surface area contributed by atoms with E-state index < -0.39 is 29.5 Å². The quantitative estimate of drug-likeness (QED) is 0.671. The molecular formula is C12H19N3O4. The number of hydrogen-bond acceptors (Lipinski definition) is 3. The molecule has 0 radical (unpaired) electrons. The number of amides is 3. The Labute approximate surface area is 111 Å². The van der Waals surface area contributed by atoms with Gasteiger partial charge in [-0.1, -0.05) is 12.8 Å². The fraction of sp³-hybridized carbons (Fsp3) is 0.750. The molecule has 0 aromatic heterocycles. The predicted molar refractivity (Wildman–Crippen MR) is 66.3 cm³/mol. The number of nitrogens with two attached hydrogens (primary N) is 1. The lowest BCUT2D eigenvalue weighted by Crippen LogP contribution is -2.58. The number of nitrogens with one attached hydrogen (secondary N) is 1. The van der Waals surface area contributed by atoms with Gasteiger partial charge in [0.25, 0.3) is 0 Å². The molecule has 1 saturated carbocycles. The zero-order valence-corrected chi connectivity index (χ0v) is 10.7. The van der Waals surface area contributed by atoms with Gasteiger partial charge in [0.15, 0.2) is 0 Å². The summed E-state index contributed by atoms with van der Waals surface area (Å²) in [4.78, 5) is 36.1. The molecule has 0 aromatic carbocycles. The summed E-state index contributed by atoms with van der Waals surface area (Å²) >= 11 is 0. The van der Waals surface area contributed by atoms with Gasteiger partial charge in [-0.2, -0.15) is 0 Å². The third-order valence-corrected chi connectivity index (χ3v) is 4.05. The minimum atomic E-state index is -1.18. The van der Waals surface area contributed by atoms with E-state index in [1.165, 1.54) is 4.90 Å². The number of primary amides is 1. The summed E-state index contributed by atoms with van der Waals surface area (Å²) in [5.74, 6) is -1.54. The van der Waals surface area contributed by atoms with Crippen molar-refractivity contribution in [2.24, 2.45) is 5.73 Å². The predicted octanol–water partition coefficient (Wildman–Crippen LogP) is 0.0431. The Hall–Kier alpha value is -1.79. The SMILES string of the molecule is NC(=O)C1CCCN1C(=O)NC1(C(=O)O)CCCC1. The molecule has 1 atom stereocenters. The van der Waals surface area contributed by atoms with Crippen LogP contribution in [0.3, 0.4) is 0 Å². The first-order valence-corrected chi connectivity index (χ1v) is 6.58. The first kappa shape index (κ1) is 13.6. The van der Waals surface area contributed by atoms with Crippen molar-refractivity contribution in [3.05, 3.63) is 0 Å². The fourth-order valence-electron chi connectivity index (χ4n) is 2.95. The second-order valence-electron chi connectivity index (χ2n) is 5.28. The Kier molecular flexibility index (Phi) is 3.64. The van der Waals surface area contributed by atoms with Crippen LogP contribution in [0.5, 0.6) is 0 Å². The van der Waals surface area contributed by atoms with Crippen LogP contribution in [0, 0.1) is 0 Å². The van der Waals surface area contributed by atoms with Gasteiger partial charge in [0.05, 0.1) is 0 Å². The van der Waals surface area contributed by atoms with Gasteiger partial charge in [0.2, 0.25) is 5.91 Å². The Balaban J connectivity index is 2.07. The molecule has 7 heteroatoms. The summed E-state index contributed by atoms with van der Waals surface area (Å²) in [6.45, 7) is 0.440. The van der Waals surface area contributed by atoms with Crippen molar-refractivity contribution in [2.75, 3.05) is 6.54 Å². The molecule has 0 bridgehead atoms. The van der Waals surface area contributed by atoms with E-state index in [0.29, 0.717) is 32.2 Å². The highest BCUT2D eigenvalue weighted by Crippen LogP contribution is 2.30. The number of urea groups is 1. The monoisotopic (exact) mass is 269 g/mol. The number of carbonyl (C=O) groups excluding carboxylic acids is 2. The zero-order valence-electron chi connectivity index (χ0n) is 10.7. The Bertz CT molecular complexity index is 404. The molecule has 4 N–H and O–H groups in total. The van der Waals surface area contributed by atoms with Gasteiger partial charge in [-0.15, -0.1) is 0 Å². The van der Waals surface area contributed by atoms with Crippen molar-refractivity contribution < 1.29 is 19.5 Å². The molecule has 1 aliphatic carbocycles. The molecule has 0 spiro atoms. The molecule has 0 aromatic rings. The third kappa shape index (κ3) is 2.50. The van der Waals surface area contributed by atoms with Crippen molar-refractivity contribution in [3.8, 4) is 0 Å². The summed E-state index contributed by atoms with van der Waals surface area (Å²) < 4.78 is 0. The summed E-state index contributed by atoms with van der Waals surface area (Å²) in [5.41, 5.74) is 4.07. The maximum atomic E-state index is 12.2. The highest BCUT2D eigenvalue weighted by atomic mass is 16.4. The maximum absolute atomic E-state index is 12.2. The first-order valence-electron chi connectivity index (χ1n) is 6.58. The van der Waals surface area contributed by atoms with Crippen LogP contribution in [0.2, 0.25) is 0 Å². The molecule has 1 heterocycles. The van der Waals surface area contributed by atoms with Gasteiger partial charge in [0.1, 0.15) is 11.6 Å². The molecule has 1 aliphatic heterocycles. The number of likely N-dealkylation sites (tertiary alicyclic amines) is 1. The summed E-state index contributed by atoms with van der Waals surface area (Å²) in [6, 6.07) is -1.11. The molecule has 7 nitrogen and oxygen atoms in total. The summed E-state index contributed by atoms with van der Waals surface area (Å²) in [6.07, 6.45) is 3.69. The minimum Gasteiger partial charge on any atom is -0.480 e. The summed E-state index contributed by atoms with van der Waals surface area (Å²) in [5, 5.41) is 11.9. The van der Waals surface area contributed by atoms with Gasteiger partial charge in [-0.25, -0.2) is 9.59 Å². The topological polar surface area (TPSA) is 113 Å². The van der Waals surface area contributed by atoms with E-state index in [9.17, 15) is 19.5 Å². The third-order valence-electron chi connectivity index (χ3n) is 4.05. The van der Waals surface area contributed by atoms with Crippen LogP contribution >= 0.6 is 0 Å². The number of carbonyl (C=O) groups is 3. The molecule has 2 rings (SSSR count). The Morgan fingerprint density at radius 3 is 2.37 bits per heavy atom. The van der Waals surface area contributed by atoms with E-state index in [2.05, 4.69) is 5.32 Å². The van der Waals surface area contributed by atoms with Crippen LogP contribution in [-0.4, -0.2) is 46.0 Å². The van der Waals surface area contributed by atoms with E-state index in [4.69, 9.17) is 5.73 Å². The Morgan fingerprint density at radius 2 is 1.84 bits per heavy atom. The van der Waals surface area contributed by atoms with E-state index >= 15 is 0 Å². The smallest absolute Gasteiger partial charge is 0.329 e. The molecule has 2 fully saturated rings. The number of carboxylic acid groups (broad SMARTS) is 1. The number of hydrogen-bond donors (Lipinski definition) is 3. The fourth-order valence-corrected chi connectivity index (χ4v) is 2.95. The lowest BCUT2D eigenvalue weighted by molar-refractivity contribution is -0.144. The second-order valence-corrected chi connectivity index (χ2v) is 5.28. The van der Waals surface area contributed by atoms with Crippen molar-refractivity contribution >= 4 is 17.9 Å². The van der Waals surface area contributed by atoms with Crippen molar-refractivity contribution in [1.29, 1.82) is 0 Å². The average molecular weight is 269 g/mol. The summed E-state index contributed by atoms with van der Waals surface area (Å²) in [7, 11) is 0. The lowest BCUT2D eigenvalue weighted by Gasteiger charge is -2.30. The Morgan fingerprint density at radius 1 is 1.21 bits per heavy atom. The number of nitrogens with zero attached hydrogens (tertiary/aromatic N) is 1. The number of aliphatic carboxylic acids is 1. The van der Waals surface area contributed by atoms with Crippen LogP contribution in [-0.2, 0) is 9.59 Å². The molecule has 3 amide bonds. The van der Waals surface area contributed by atoms with Gasteiger partial charge in [0, 0.05) is 6.54 Å². The van der Waals surface area contributed by atoms with Gasteiger partial charge in [-0.05, 0) is 25.7 Å². The van der Waals surface area contributed by atoms with Crippen molar-refractivity contribution in [3.63, 3.8) is 0 Å². The van der Waals surface area contributed by atoms with Crippen molar-refractivity contribution in [1.82, 2.24) is 10.2 Å². The molecule has 1 unspecified atom stereocenters. The van der Waals surface area contributed by atoms with E-state index in [0.717, 1.165) is 12.8 Å². The van der Waals surface area contributed by atoms with Gasteiger partial charge in [-0.3, -0.25) is 4.79 Å².